The molecule has 4 nitrogen and oxygen atoms in total. The second-order valence-electron chi connectivity index (χ2n) is 3.78. The first-order valence-electron chi connectivity index (χ1n) is 5.09. The topological polar surface area (TPSA) is 43.1 Å². The highest BCUT2D eigenvalue weighted by Crippen LogP contribution is 2.28. The fourth-order valence-electron chi connectivity index (χ4n) is 1.80. The summed E-state index contributed by atoms with van der Waals surface area (Å²) in [6.07, 6.45) is 0. The standard InChI is InChI=1S/C11H9ClN4S/c1-6-3-4-17-10(6)11-15-14-9-5-8(12)13-7(2)16(9)11/h3-5H,1-2H3. The second-order valence-corrected chi connectivity index (χ2v) is 5.08. The van der Waals surface area contributed by atoms with Crippen molar-refractivity contribution < 1.29 is 0 Å². The zero-order valence-electron chi connectivity index (χ0n) is 9.31. The number of hydrogen-bond acceptors (Lipinski definition) is 4. The molecule has 0 unspecified atom stereocenters. The van der Waals surface area contributed by atoms with Crippen LogP contribution in [0.25, 0.3) is 16.3 Å². The molecule has 0 amide bonds. The summed E-state index contributed by atoms with van der Waals surface area (Å²) in [5.74, 6) is 1.62. The minimum absolute atomic E-state index is 0.442. The number of nitrogens with zero attached hydrogens (tertiary/aromatic N) is 4. The number of halogens is 1. The van der Waals surface area contributed by atoms with Crippen LogP contribution < -0.4 is 0 Å². The Labute approximate surface area is 107 Å². The van der Waals surface area contributed by atoms with E-state index < -0.39 is 0 Å². The van der Waals surface area contributed by atoms with E-state index in [0.29, 0.717) is 5.15 Å². The molecule has 0 aliphatic carbocycles. The first-order valence-corrected chi connectivity index (χ1v) is 6.35. The highest BCUT2D eigenvalue weighted by atomic mass is 35.5. The maximum Gasteiger partial charge on any atom is 0.180 e. The summed E-state index contributed by atoms with van der Waals surface area (Å²) in [5.41, 5.74) is 1.92. The van der Waals surface area contributed by atoms with Gasteiger partial charge < -0.3 is 0 Å². The van der Waals surface area contributed by atoms with E-state index in [2.05, 4.69) is 28.2 Å². The number of thiophene rings is 1. The van der Waals surface area contributed by atoms with E-state index in [1.54, 1.807) is 17.4 Å². The molecule has 0 aliphatic heterocycles. The number of aryl methyl sites for hydroxylation is 2. The molecule has 0 aliphatic rings. The van der Waals surface area contributed by atoms with Crippen LogP contribution in [-0.4, -0.2) is 19.6 Å². The Morgan fingerprint density at radius 1 is 1.29 bits per heavy atom. The molecule has 3 aromatic heterocycles. The van der Waals surface area contributed by atoms with Crippen molar-refractivity contribution in [2.24, 2.45) is 0 Å². The molecule has 3 heterocycles. The molecule has 0 spiro atoms. The van der Waals surface area contributed by atoms with Gasteiger partial charge in [-0.2, -0.15) is 0 Å². The van der Waals surface area contributed by atoms with Crippen molar-refractivity contribution in [1.29, 1.82) is 0 Å². The van der Waals surface area contributed by atoms with E-state index in [1.807, 2.05) is 16.7 Å². The molecule has 6 heteroatoms. The Morgan fingerprint density at radius 2 is 2.12 bits per heavy atom. The number of rotatable bonds is 1. The molecular formula is C11H9ClN4S. The number of hydrogen-bond donors (Lipinski definition) is 0. The van der Waals surface area contributed by atoms with Gasteiger partial charge in [-0.25, -0.2) is 4.98 Å². The lowest BCUT2D eigenvalue weighted by atomic mass is 10.3. The van der Waals surface area contributed by atoms with E-state index in [-0.39, 0.29) is 0 Å². The molecule has 0 aromatic carbocycles. The van der Waals surface area contributed by atoms with Crippen LogP contribution in [0.2, 0.25) is 5.15 Å². The van der Waals surface area contributed by atoms with Crippen molar-refractivity contribution in [2.45, 2.75) is 13.8 Å². The molecule has 0 fully saturated rings. The van der Waals surface area contributed by atoms with Gasteiger partial charge in [-0.05, 0) is 30.9 Å². The van der Waals surface area contributed by atoms with Gasteiger partial charge in [-0.1, -0.05) is 11.6 Å². The number of fused-ring (bicyclic) bond motifs is 1. The van der Waals surface area contributed by atoms with Crippen LogP contribution in [0.4, 0.5) is 0 Å². The molecule has 0 bridgehead atoms. The van der Waals surface area contributed by atoms with Gasteiger partial charge in [0.2, 0.25) is 0 Å². The average Bonchev–Trinajstić information content (AvgIpc) is 2.83. The Balaban J connectivity index is 2.36. The van der Waals surface area contributed by atoms with Crippen molar-refractivity contribution in [3.8, 4) is 10.7 Å². The molecule has 3 rings (SSSR count). The maximum absolute atomic E-state index is 5.90. The van der Waals surface area contributed by atoms with Gasteiger partial charge in [0.15, 0.2) is 11.5 Å². The molecule has 0 N–H and O–H groups in total. The van der Waals surface area contributed by atoms with E-state index in [4.69, 9.17) is 11.6 Å². The summed E-state index contributed by atoms with van der Waals surface area (Å²) in [4.78, 5) is 5.34. The number of aromatic nitrogens is 4. The predicted octanol–water partition coefficient (Wildman–Crippen LogP) is 3.12. The Kier molecular flexibility index (Phi) is 2.38. The average molecular weight is 265 g/mol. The summed E-state index contributed by atoms with van der Waals surface area (Å²) in [6, 6.07) is 3.79. The third-order valence-corrected chi connectivity index (χ3v) is 3.80. The van der Waals surface area contributed by atoms with Crippen molar-refractivity contribution in [3.63, 3.8) is 0 Å². The zero-order valence-corrected chi connectivity index (χ0v) is 10.9. The van der Waals surface area contributed by atoms with Crippen molar-refractivity contribution >= 4 is 28.6 Å². The van der Waals surface area contributed by atoms with Gasteiger partial charge in [0.1, 0.15) is 11.0 Å². The summed E-state index contributed by atoms with van der Waals surface area (Å²) in [6.45, 7) is 3.96. The van der Waals surface area contributed by atoms with Gasteiger partial charge in [0.05, 0.1) is 4.88 Å². The van der Waals surface area contributed by atoms with Crippen LogP contribution in [0.1, 0.15) is 11.4 Å². The highest BCUT2D eigenvalue weighted by molar-refractivity contribution is 7.13. The fraction of sp³-hybridized carbons (Fsp3) is 0.182. The van der Waals surface area contributed by atoms with Gasteiger partial charge >= 0.3 is 0 Å². The van der Waals surface area contributed by atoms with Crippen LogP contribution in [0, 0.1) is 13.8 Å². The largest absolute Gasteiger partial charge is 0.262 e. The lowest BCUT2D eigenvalue weighted by molar-refractivity contribution is 0.990. The first-order chi connectivity index (χ1) is 8.16. The molecule has 0 saturated carbocycles. The monoisotopic (exact) mass is 264 g/mol. The van der Waals surface area contributed by atoms with Gasteiger partial charge in [0.25, 0.3) is 0 Å². The maximum atomic E-state index is 5.90. The lowest BCUT2D eigenvalue weighted by Crippen LogP contribution is -1.97. The van der Waals surface area contributed by atoms with Crippen LogP contribution in [0.5, 0.6) is 0 Å². The smallest absolute Gasteiger partial charge is 0.180 e. The highest BCUT2D eigenvalue weighted by Gasteiger charge is 2.14. The van der Waals surface area contributed by atoms with Gasteiger partial charge in [-0.15, -0.1) is 21.5 Å². The SMILES string of the molecule is Cc1ccsc1-c1nnc2cc(Cl)nc(C)n12. The Bertz CT molecular complexity index is 701. The summed E-state index contributed by atoms with van der Waals surface area (Å²) in [5, 5.41) is 10.8. The first kappa shape index (κ1) is 10.7. The third-order valence-electron chi connectivity index (χ3n) is 2.59. The van der Waals surface area contributed by atoms with E-state index in [9.17, 15) is 0 Å². The van der Waals surface area contributed by atoms with Crippen LogP contribution >= 0.6 is 22.9 Å². The van der Waals surface area contributed by atoms with E-state index in [0.717, 1.165) is 22.2 Å². The minimum Gasteiger partial charge on any atom is -0.262 e. The van der Waals surface area contributed by atoms with Crippen LogP contribution in [0.15, 0.2) is 17.5 Å². The van der Waals surface area contributed by atoms with Gasteiger partial charge in [-0.3, -0.25) is 4.40 Å². The molecule has 86 valence electrons. The predicted molar refractivity (Wildman–Crippen MR) is 68.6 cm³/mol. The summed E-state index contributed by atoms with van der Waals surface area (Å²) < 4.78 is 1.92. The van der Waals surface area contributed by atoms with Crippen molar-refractivity contribution in [1.82, 2.24) is 19.6 Å². The molecular weight excluding hydrogens is 256 g/mol. The zero-order chi connectivity index (χ0) is 12.0. The quantitative estimate of drug-likeness (QED) is 0.634. The Morgan fingerprint density at radius 3 is 2.82 bits per heavy atom. The lowest BCUT2D eigenvalue weighted by Gasteiger charge is -2.02. The minimum atomic E-state index is 0.442. The second kappa shape index (κ2) is 3.78. The van der Waals surface area contributed by atoms with Crippen LogP contribution in [-0.2, 0) is 0 Å². The molecule has 0 saturated heterocycles. The van der Waals surface area contributed by atoms with Gasteiger partial charge in [0, 0.05) is 6.07 Å². The summed E-state index contributed by atoms with van der Waals surface area (Å²) in [7, 11) is 0. The van der Waals surface area contributed by atoms with Crippen LogP contribution in [0.3, 0.4) is 0 Å². The van der Waals surface area contributed by atoms with E-state index in [1.165, 1.54) is 5.56 Å². The Hall–Kier alpha value is -1.46. The summed E-state index contributed by atoms with van der Waals surface area (Å²) >= 11 is 7.55. The third kappa shape index (κ3) is 1.62. The fourth-order valence-corrected chi connectivity index (χ4v) is 2.92. The normalized spacial score (nSPS) is 11.2. The molecule has 0 radical (unpaired) electrons. The van der Waals surface area contributed by atoms with Crippen molar-refractivity contribution in [2.75, 3.05) is 0 Å². The molecule has 17 heavy (non-hydrogen) atoms. The molecule has 3 aromatic rings. The van der Waals surface area contributed by atoms with E-state index >= 15 is 0 Å². The molecule has 0 atom stereocenters. The van der Waals surface area contributed by atoms with Crippen molar-refractivity contribution in [3.05, 3.63) is 34.1 Å².